The van der Waals surface area contributed by atoms with Crippen molar-refractivity contribution in [3.63, 3.8) is 0 Å². The Morgan fingerprint density at radius 2 is 1.36 bits per heavy atom. The summed E-state index contributed by atoms with van der Waals surface area (Å²) in [6, 6.07) is 0. The Morgan fingerprint density at radius 1 is 0.929 bits per heavy atom. The SMILES string of the molecule is C=C(N)/C=C\C(=C)C(=C)/C=C\C.CC. The van der Waals surface area contributed by atoms with Crippen LogP contribution in [-0.4, -0.2) is 0 Å². The normalized spacial score (nSPS) is 9.64. The molecule has 78 valence electrons. The van der Waals surface area contributed by atoms with Crippen molar-refractivity contribution in [1.29, 1.82) is 0 Å². The molecule has 0 saturated heterocycles. The summed E-state index contributed by atoms with van der Waals surface area (Å²) in [5.74, 6) is 0. The van der Waals surface area contributed by atoms with Crippen LogP contribution in [0.25, 0.3) is 0 Å². The first-order valence-corrected chi connectivity index (χ1v) is 4.71. The van der Waals surface area contributed by atoms with Gasteiger partial charge in [0.15, 0.2) is 0 Å². The summed E-state index contributed by atoms with van der Waals surface area (Å²) in [7, 11) is 0. The number of hydrogen-bond acceptors (Lipinski definition) is 1. The van der Waals surface area contributed by atoms with E-state index in [4.69, 9.17) is 5.73 Å². The van der Waals surface area contributed by atoms with Gasteiger partial charge in [-0.25, -0.2) is 0 Å². The van der Waals surface area contributed by atoms with Crippen molar-refractivity contribution in [2.24, 2.45) is 5.73 Å². The number of rotatable bonds is 4. The third-order valence-electron chi connectivity index (χ3n) is 1.28. The molecule has 1 nitrogen and oxygen atoms in total. The molecule has 0 unspecified atom stereocenters. The van der Waals surface area contributed by atoms with Gasteiger partial charge in [0, 0.05) is 5.70 Å². The van der Waals surface area contributed by atoms with Crippen molar-refractivity contribution in [1.82, 2.24) is 0 Å². The van der Waals surface area contributed by atoms with Crippen LogP contribution in [0.15, 0.2) is 60.9 Å². The summed E-state index contributed by atoms with van der Waals surface area (Å²) in [6.45, 7) is 17.1. The van der Waals surface area contributed by atoms with E-state index in [0.29, 0.717) is 5.70 Å². The van der Waals surface area contributed by atoms with Gasteiger partial charge < -0.3 is 5.73 Å². The van der Waals surface area contributed by atoms with Crippen LogP contribution in [0.1, 0.15) is 20.8 Å². The zero-order chi connectivity index (χ0) is 11.6. The van der Waals surface area contributed by atoms with Crippen molar-refractivity contribution in [2.45, 2.75) is 20.8 Å². The maximum Gasteiger partial charge on any atom is 0.0241 e. The largest absolute Gasteiger partial charge is 0.399 e. The predicted octanol–water partition coefficient (Wildman–Crippen LogP) is 3.73. The zero-order valence-corrected chi connectivity index (χ0v) is 9.51. The third-order valence-corrected chi connectivity index (χ3v) is 1.28. The van der Waals surface area contributed by atoms with Crippen molar-refractivity contribution < 1.29 is 0 Å². The van der Waals surface area contributed by atoms with Gasteiger partial charge in [-0.15, -0.1) is 0 Å². The highest BCUT2D eigenvalue weighted by molar-refractivity contribution is 5.43. The molecule has 0 spiro atoms. The minimum Gasteiger partial charge on any atom is -0.399 e. The third kappa shape index (κ3) is 8.60. The molecular weight excluding hydrogens is 170 g/mol. The monoisotopic (exact) mass is 191 g/mol. The average molecular weight is 191 g/mol. The number of nitrogens with two attached hydrogens (primary N) is 1. The zero-order valence-electron chi connectivity index (χ0n) is 9.51. The Labute approximate surface area is 88.0 Å². The highest BCUT2D eigenvalue weighted by Gasteiger charge is 1.89. The topological polar surface area (TPSA) is 26.0 Å². The van der Waals surface area contributed by atoms with Gasteiger partial charge in [0.1, 0.15) is 0 Å². The molecule has 0 heterocycles. The molecule has 0 saturated carbocycles. The second kappa shape index (κ2) is 9.59. The van der Waals surface area contributed by atoms with E-state index < -0.39 is 0 Å². The van der Waals surface area contributed by atoms with Gasteiger partial charge in [0.2, 0.25) is 0 Å². The van der Waals surface area contributed by atoms with E-state index in [1.165, 1.54) is 0 Å². The second-order valence-electron chi connectivity index (χ2n) is 2.46. The molecular formula is C13H21N. The Kier molecular flexibility index (Phi) is 10.3. The van der Waals surface area contributed by atoms with Crippen molar-refractivity contribution >= 4 is 0 Å². The Hall–Kier alpha value is -1.50. The van der Waals surface area contributed by atoms with Crippen LogP contribution in [0.5, 0.6) is 0 Å². The van der Waals surface area contributed by atoms with Crippen molar-refractivity contribution in [2.75, 3.05) is 0 Å². The fourth-order valence-corrected chi connectivity index (χ4v) is 0.623. The van der Waals surface area contributed by atoms with Crippen LogP contribution in [0, 0.1) is 0 Å². The lowest BCUT2D eigenvalue weighted by Gasteiger charge is -1.97. The first kappa shape index (κ1) is 15.0. The summed E-state index contributed by atoms with van der Waals surface area (Å²) >= 11 is 0. The molecule has 0 amide bonds. The molecule has 0 aromatic carbocycles. The predicted molar refractivity (Wildman–Crippen MR) is 66.9 cm³/mol. The highest BCUT2D eigenvalue weighted by Crippen LogP contribution is 2.08. The van der Waals surface area contributed by atoms with E-state index in [9.17, 15) is 0 Å². The first-order chi connectivity index (χ1) is 6.57. The quantitative estimate of drug-likeness (QED) is 0.673. The molecule has 1 heteroatoms. The summed E-state index contributed by atoms with van der Waals surface area (Å²) in [6.07, 6.45) is 7.31. The Bertz CT molecular complexity index is 254. The van der Waals surface area contributed by atoms with Crippen LogP contribution in [0.3, 0.4) is 0 Å². The van der Waals surface area contributed by atoms with Gasteiger partial charge in [-0.05, 0) is 24.1 Å². The van der Waals surface area contributed by atoms with E-state index in [0.717, 1.165) is 11.1 Å². The lowest BCUT2D eigenvalue weighted by Crippen LogP contribution is -1.89. The van der Waals surface area contributed by atoms with E-state index >= 15 is 0 Å². The highest BCUT2D eigenvalue weighted by atomic mass is 14.5. The molecule has 0 atom stereocenters. The molecule has 0 aliphatic carbocycles. The van der Waals surface area contributed by atoms with Crippen LogP contribution in [0.2, 0.25) is 0 Å². The summed E-state index contributed by atoms with van der Waals surface area (Å²) < 4.78 is 0. The Balaban J connectivity index is 0. The van der Waals surface area contributed by atoms with Crippen LogP contribution < -0.4 is 5.73 Å². The smallest absolute Gasteiger partial charge is 0.0241 e. The molecule has 0 aromatic rings. The van der Waals surface area contributed by atoms with E-state index in [1.54, 1.807) is 12.2 Å². The first-order valence-electron chi connectivity index (χ1n) is 4.71. The van der Waals surface area contributed by atoms with Crippen molar-refractivity contribution in [3.8, 4) is 0 Å². The molecule has 0 aromatic heterocycles. The van der Waals surface area contributed by atoms with E-state index in [1.807, 2.05) is 32.9 Å². The average Bonchev–Trinajstić information content (AvgIpc) is 2.17. The van der Waals surface area contributed by atoms with Gasteiger partial charge in [-0.1, -0.05) is 51.8 Å². The van der Waals surface area contributed by atoms with Gasteiger partial charge in [0.25, 0.3) is 0 Å². The van der Waals surface area contributed by atoms with Gasteiger partial charge >= 0.3 is 0 Å². The molecule has 2 N–H and O–H groups in total. The Morgan fingerprint density at radius 3 is 1.71 bits per heavy atom. The maximum absolute atomic E-state index is 5.34. The molecule has 14 heavy (non-hydrogen) atoms. The van der Waals surface area contributed by atoms with Gasteiger partial charge in [-0.3, -0.25) is 0 Å². The van der Waals surface area contributed by atoms with Crippen LogP contribution in [-0.2, 0) is 0 Å². The molecule has 0 bridgehead atoms. The number of allylic oxidation sites excluding steroid dienone is 6. The standard InChI is InChI=1S/C11H15N.C2H6/c1-5-6-9(2)10(3)7-8-11(4)12;1-2/h5-8H,2-4,12H2,1H3;1-2H3/b6-5-,8-7-;. The number of hydrogen-bond donors (Lipinski definition) is 1. The summed E-state index contributed by atoms with van der Waals surface area (Å²) in [4.78, 5) is 0. The minimum atomic E-state index is 0.518. The van der Waals surface area contributed by atoms with Gasteiger partial charge in [0.05, 0.1) is 0 Å². The minimum absolute atomic E-state index is 0.518. The van der Waals surface area contributed by atoms with E-state index in [-0.39, 0.29) is 0 Å². The van der Waals surface area contributed by atoms with Gasteiger partial charge in [-0.2, -0.15) is 0 Å². The summed E-state index contributed by atoms with van der Waals surface area (Å²) in [5, 5.41) is 0. The fourth-order valence-electron chi connectivity index (χ4n) is 0.623. The fraction of sp³-hybridized carbons (Fsp3) is 0.231. The van der Waals surface area contributed by atoms with Crippen LogP contribution >= 0.6 is 0 Å². The van der Waals surface area contributed by atoms with Crippen LogP contribution in [0.4, 0.5) is 0 Å². The van der Waals surface area contributed by atoms with E-state index in [2.05, 4.69) is 19.7 Å². The van der Waals surface area contributed by atoms with Crippen molar-refractivity contribution in [3.05, 3.63) is 60.9 Å². The lowest BCUT2D eigenvalue weighted by molar-refractivity contribution is 1.44. The second-order valence-corrected chi connectivity index (χ2v) is 2.46. The summed E-state index contributed by atoms with van der Waals surface area (Å²) in [5.41, 5.74) is 7.59. The molecule has 0 radical (unpaired) electrons. The lowest BCUT2D eigenvalue weighted by atomic mass is 10.1. The maximum atomic E-state index is 5.34. The molecule has 0 aliphatic rings. The molecule has 0 fully saturated rings. The molecule has 0 rings (SSSR count). The molecule has 0 aliphatic heterocycles.